The van der Waals surface area contributed by atoms with E-state index in [4.69, 9.17) is 4.98 Å². The molecular formula is C15H18N2S2. The molecule has 1 aliphatic rings. The van der Waals surface area contributed by atoms with Crippen LogP contribution >= 0.6 is 23.1 Å². The number of thioether (sulfide) groups is 1. The Bertz CT molecular complexity index is 545. The molecule has 19 heavy (non-hydrogen) atoms. The van der Waals surface area contributed by atoms with Crippen LogP contribution in [0.2, 0.25) is 0 Å². The van der Waals surface area contributed by atoms with Crippen LogP contribution in [0.1, 0.15) is 35.1 Å². The van der Waals surface area contributed by atoms with Crippen molar-refractivity contribution in [2.24, 2.45) is 0 Å². The Balaban J connectivity index is 1.63. The van der Waals surface area contributed by atoms with Crippen molar-refractivity contribution in [2.45, 2.75) is 36.5 Å². The molecular weight excluding hydrogens is 272 g/mol. The fraction of sp³-hybridized carbons (Fsp3) is 0.400. The summed E-state index contributed by atoms with van der Waals surface area (Å²) < 4.78 is 0. The van der Waals surface area contributed by atoms with Gasteiger partial charge in [0.25, 0.3) is 0 Å². The molecule has 0 spiro atoms. The number of hydrogen-bond acceptors (Lipinski definition) is 4. The first-order chi connectivity index (χ1) is 9.33. The summed E-state index contributed by atoms with van der Waals surface area (Å²) in [6, 6.07) is 9.04. The van der Waals surface area contributed by atoms with E-state index < -0.39 is 0 Å². The lowest BCUT2D eigenvalue weighted by atomic mass is 10.2. The average Bonchev–Trinajstić information content (AvgIpc) is 3.09. The van der Waals surface area contributed by atoms with Crippen LogP contribution in [-0.2, 0) is 5.75 Å². The molecule has 3 rings (SSSR count). The summed E-state index contributed by atoms with van der Waals surface area (Å²) in [5.74, 6) is 0.974. The van der Waals surface area contributed by atoms with Crippen molar-refractivity contribution in [1.29, 1.82) is 0 Å². The maximum atomic E-state index is 4.77. The molecule has 0 amide bonds. The van der Waals surface area contributed by atoms with Gasteiger partial charge in [-0.15, -0.1) is 23.1 Å². The lowest BCUT2D eigenvalue weighted by Crippen LogP contribution is -2.13. The quantitative estimate of drug-likeness (QED) is 0.856. The molecule has 0 bridgehead atoms. The second-order valence-corrected chi connectivity index (χ2v) is 6.83. The third-order valence-corrected chi connectivity index (χ3v) is 5.67. The minimum absolute atomic E-state index is 0.494. The van der Waals surface area contributed by atoms with Gasteiger partial charge in [-0.3, -0.25) is 0 Å². The molecule has 1 saturated heterocycles. The predicted molar refractivity (Wildman–Crippen MR) is 82.8 cm³/mol. The third-order valence-electron chi connectivity index (χ3n) is 3.43. The highest BCUT2D eigenvalue weighted by atomic mass is 32.2. The SMILES string of the molecule is Cc1ccccc1SCc1nc([C@@H]2CCCN2)cs1. The van der Waals surface area contributed by atoms with Gasteiger partial charge in [-0.2, -0.15) is 0 Å². The van der Waals surface area contributed by atoms with Crippen molar-refractivity contribution in [3.8, 4) is 0 Å². The van der Waals surface area contributed by atoms with Gasteiger partial charge >= 0.3 is 0 Å². The Morgan fingerprint density at radius 1 is 1.42 bits per heavy atom. The van der Waals surface area contributed by atoms with E-state index in [1.54, 1.807) is 11.3 Å². The van der Waals surface area contributed by atoms with Gasteiger partial charge < -0.3 is 5.32 Å². The maximum absolute atomic E-state index is 4.77. The lowest BCUT2D eigenvalue weighted by molar-refractivity contribution is 0.630. The second-order valence-electron chi connectivity index (χ2n) is 4.87. The fourth-order valence-corrected chi connectivity index (χ4v) is 4.24. The normalized spacial score (nSPS) is 18.9. The van der Waals surface area contributed by atoms with Gasteiger partial charge in [0.05, 0.1) is 17.5 Å². The maximum Gasteiger partial charge on any atom is 0.103 e. The first kappa shape index (κ1) is 13.2. The van der Waals surface area contributed by atoms with Gasteiger partial charge in [-0.05, 0) is 37.9 Å². The number of aryl methyl sites for hydroxylation is 1. The summed E-state index contributed by atoms with van der Waals surface area (Å²) in [4.78, 5) is 6.13. The van der Waals surface area contributed by atoms with E-state index in [9.17, 15) is 0 Å². The van der Waals surface area contributed by atoms with E-state index in [2.05, 4.69) is 41.9 Å². The van der Waals surface area contributed by atoms with Crippen molar-refractivity contribution >= 4 is 23.1 Å². The molecule has 1 atom stereocenters. The largest absolute Gasteiger partial charge is 0.309 e. The van der Waals surface area contributed by atoms with Crippen LogP contribution in [0, 0.1) is 6.92 Å². The van der Waals surface area contributed by atoms with Crippen LogP contribution < -0.4 is 5.32 Å². The second kappa shape index (κ2) is 6.07. The summed E-state index contributed by atoms with van der Waals surface area (Å²) in [7, 11) is 0. The van der Waals surface area contributed by atoms with Crippen molar-refractivity contribution in [1.82, 2.24) is 10.3 Å². The molecule has 0 radical (unpaired) electrons. The van der Waals surface area contributed by atoms with E-state index in [0.717, 1.165) is 12.3 Å². The molecule has 0 unspecified atom stereocenters. The van der Waals surface area contributed by atoms with Gasteiger partial charge in [0, 0.05) is 10.3 Å². The Kier molecular flexibility index (Phi) is 4.21. The highest BCUT2D eigenvalue weighted by molar-refractivity contribution is 7.98. The fourth-order valence-electron chi connectivity index (χ4n) is 2.35. The highest BCUT2D eigenvalue weighted by Crippen LogP contribution is 2.29. The predicted octanol–water partition coefficient (Wildman–Crippen LogP) is 4.17. The number of hydrogen-bond donors (Lipinski definition) is 1. The minimum Gasteiger partial charge on any atom is -0.309 e. The van der Waals surface area contributed by atoms with Gasteiger partial charge in [-0.1, -0.05) is 18.2 Å². The van der Waals surface area contributed by atoms with Crippen molar-refractivity contribution < 1.29 is 0 Å². The summed E-state index contributed by atoms with van der Waals surface area (Å²) >= 11 is 3.67. The highest BCUT2D eigenvalue weighted by Gasteiger charge is 2.18. The number of thiazole rings is 1. The zero-order valence-electron chi connectivity index (χ0n) is 11.1. The zero-order chi connectivity index (χ0) is 13.1. The molecule has 1 aliphatic heterocycles. The molecule has 1 fully saturated rings. The van der Waals surface area contributed by atoms with Crippen LogP contribution in [0.4, 0.5) is 0 Å². The van der Waals surface area contributed by atoms with E-state index in [1.807, 2.05) is 11.8 Å². The van der Waals surface area contributed by atoms with Crippen molar-refractivity contribution in [3.05, 3.63) is 45.9 Å². The minimum atomic E-state index is 0.494. The smallest absolute Gasteiger partial charge is 0.103 e. The van der Waals surface area contributed by atoms with Gasteiger partial charge in [0.1, 0.15) is 5.01 Å². The molecule has 2 aromatic rings. The number of benzene rings is 1. The van der Waals surface area contributed by atoms with Gasteiger partial charge in [-0.25, -0.2) is 4.98 Å². The number of aromatic nitrogens is 1. The lowest BCUT2D eigenvalue weighted by Gasteiger charge is -2.05. The first-order valence-electron chi connectivity index (χ1n) is 6.69. The van der Waals surface area contributed by atoms with Crippen LogP contribution in [0.5, 0.6) is 0 Å². The summed E-state index contributed by atoms with van der Waals surface area (Å²) in [6.45, 7) is 3.30. The molecule has 0 saturated carbocycles. The first-order valence-corrected chi connectivity index (χ1v) is 8.55. The van der Waals surface area contributed by atoms with Crippen LogP contribution in [0.25, 0.3) is 0 Å². The van der Waals surface area contributed by atoms with E-state index in [-0.39, 0.29) is 0 Å². The average molecular weight is 290 g/mol. The molecule has 100 valence electrons. The standard InChI is InChI=1S/C15H18N2S2/c1-11-5-2-3-7-14(11)18-10-15-17-13(9-19-15)12-6-4-8-16-12/h2-3,5,7,9,12,16H,4,6,8,10H2,1H3/t12-/m0/s1. The molecule has 1 aromatic heterocycles. The summed E-state index contributed by atoms with van der Waals surface area (Å²) in [5, 5.41) is 6.96. The van der Waals surface area contributed by atoms with Crippen molar-refractivity contribution in [2.75, 3.05) is 6.54 Å². The Morgan fingerprint density at radius 3 is 3.11 bits per heavy atom. The van der Waals surface area contributed by atoms with E-state index in [0.29, 0.717) is 6.04 Å². The van der Waals surface area contributed by atoms with E-state index in [1.165, 1.54) is 34.0 Å². The van der Waals surface area contributed by atoms with Crippen LogP contribution in [-0.4, -0.2) is 11.5 Å². The molecule has 1 N–H and O–H groups in total. The Morgan fingerprint density at radius 2 is 2.32 bits per heavy atom. The monoisotopic (exact) mass is 290 g/mol. The number of nitrogens with zero attached hydrogens (tertiary/aromatic N) is 1. The number of nitrogens with one attached hydrogen (secondary N) is 1. The summed E-state index contributed by atoms with van der Waals surface area (Å²) in [6.07, 6.45) is 2.50. The molecule has 2 heterocycles. The Hall–Kier alpha value is -0.840. The molecule has 2 nitrogen and oxygen atoms in total. The van der Waals surface area contributed by atoms with Crippen LogP contribution in [0.3, 0.4) is 0 Å². The summed E-state index contributed by atoms with van der Waals surface area (Å²) in [5.41, 5.74) is 2.59. The van der Waals surface area contributed by atoms with E-state index >= 15 is 0 Å². The molecule has 1 aromatic carbocycles. The molecule has 4 heteroatoms. The van der Waals surface area contributed by atoms with Gasteiger partial charge in [0.15, 0.2) is 0 Å². The van der Waals surface area contributed by atoms with Crippen molar-refractivity contribution in [3.63, 3.8) is 0 Å². The molecule has 0 aliphatic carbocycles. The third kappa shape index (κ3) is 3.19. The number of rotatable bonds is 4. The topological polar surface area (TPSA) is 24.9 Å². The van der Waals surface area contributed by atoms with Gasteiger partial charge in [0.2, 0.25) is 0 Å². The Labute approximate surface area is 122 Å². The van der Waals surface area contributed by atoms with Crippen LogP contribution in [0.15, 0.2) is 34.5 Å². The zero-order valence-corrected chi connectivity index (χ0v) is 12.7.